The van der Waals surface area contributed by atoms with Crippen LogP contribution in [-0.4, -0.2) is 8.07 Å². The van der Waals surface area contributed by atoms with Crippen LogP contribution >= 0.6 is 0 Å². The monoisotopic (exact) mass is 218 g/mol. The van der Waals surface area contributed by atoms with Crippen LogP contribution in [0.3, 0.4) is 0 Å². The van der Waals surface area contributed by atoms with Gasteiger partial charge in [-0.15, -0.1) is 0 Å². The highest BCUT2D eigenvalue weighted by atomic mass is 28.3. The lowest BCUT2D eigenvalue weighted by Crippen LogP contribution is -2.28. The number of hydrogen-bond acceptors (Lipinski definition) is 0. The molecule has 0 N–H and O–H groups in total. The molecule has 0 aromatic heterocycles. The van der Waals surface area contributed by atoms with Crippen LogP contribution in [0, 0.1) is 0 Å². The molecule has 0 aromatic carbocycles. The van der Waals surface area contributed by atoms with Crippen molar-refractivity contribution in [2.45, 2.75) is 52.8 Å². The maximum absolute atomic E-state index is 3.13. The molecule has 0 rings (SSSR count). The molecular formula is C14H22Si. The Labute approximate surface area is 95.4 Å². The Morgan fingerprint density at radius 3 is 1.93 bits per heavy atom. The molecule has 0 aliphatic rings. The molecule has 1 heteroatoms. The standard InChI is InChI=1S/C14H22Si/c1-6-15(7-2,8-3)13-11-9-10-12-14(4)5/h13H,6-8H2,1-5H3. The molecule has 0 fully saturated rings. The quantitative estimate of drug-likeness (QED) is 0.477. The van der Waals surface area contributed by atoms with E-state index in [0.29, 0.717) is 0 Å². The van der Waals surface area contributed by atoms with E-state index in [4.69, 9.17) is 0 Å². The van der Waals surface area contributed by atoms with Gasteiger partial charge in [0.15, 0.2) is 0 Å². The minimum Gasteiger partial charge on any atom is -0.0695 e. The second-order valence-corrected chi connectivity index (χ2v) is 9.22. The van der Waals surface area contributed by atoms with Crippen molar-refractivity contribution in [1.29, 1.82) is 0 Å². The molecule has 0 saturated heterocycles. The Balaban J connectivity index is 5.07. The summed E-state index contributed by atoms with van der Waals surface area (Å²) >= 11 is 0. The van der Waals surface area contributed by atoms with Gasteiger partial charge in [0.1, 0.15) is 0 Å². The van der Waals surface area contributed by atoms with Crippen molar-refractivity contribution in [2.75, 3.05) is 0 Å². The molecule has 0 spiro atoms. The smallest absolute Gasteiger partial charge is 0.0695 e. The van der Waals surface area contributed by atoms with Crippen LogP contribution in [0.1, 0.15) is 34.6 Å². The number of hydrogen-bond donors (Lipinski definition) is 0. The zero-order chi connectivity index (χ0) is 11.7. The summed E-state index contributed by atoms with van der Waals surface area (Å²) in [6, 6.07) is 3.88. The van der Waals surface area contributed by atoms with Gasteiger partial charge in [-0.05, 0) is 36.6 Å². The summed E-state index contributed by atoms with van der Waals surface area (Å²) in [5.41, 5.74) is 15.3. The molecule has 0 unspecified atom stereocenters. The zero-order valence-corrected chi connectivity index (χ0v) is 11.7. The Bertz CT molecular complexity index is 335. The van der Waals surface area contributed by atoms with Crippen LogP contribution in [0.2, 0.25) is 18.1 Å². The minimum atomic E-state index is -1.17. The fourth-order valence-electron chi connectivity index (χ4n) is 1.44. The van der Waals surface area contributed by atoms with Crippen LogP contribution in [-0.2, 0) is 0 Å². The molecular weight excluding hydrogens is 196 g/mol. The first-order valence-corrected chi connectivity index (χ1v) is 8.46. The summed E-state index contributed by atoms with van der Waals surface area (Å²) in [4.78, 5) is 0. The lowest BCUT2D eigenvalue weighted by atomic mass is 10.4. The van der Waals surface area contributed by atoms with E-state index in [2.05, 4.69) is 49.4 Å². The van der Waals surface area contributed by atoms with Gasteiger partial charge >= 0.3 is 0 Å². The fourth-order valence-corrected chi connectivity index (χ4v) is 3.93. The zero-order valence-electron chi connectivity index (χ0n) is 10.7. The summed E-state index contributed by atoms with van der Waals surface area (Å²) in [5, 5.41) is 0. The van der Waals surface area contributed by atoms with E-state index in [0.717, 1.165) is 5.57 Å². The van der Waals surface area contributed by atoms with Gasteiger partial charge in [-0.1, -0.05) is 50.4 Å². The van der Waals surface area contributed by atoms with Gasteiger partial charge < -0.3 is 0 Å². The highest BCUT2D eigenvalue weighted by Gasteiger charge is 2.22. The molecule has 0 amide bonds. The molecule has 0 aliphatic carbocycles. The summed E-state index contributed by atoms with van der Waals surface area (Å²) < 4.78 is 0. The Morgan fingerprint density at radius 1 is 1.00 bits per heavy atom. The second-order valence-electron chi connectivity index (χ2n) is 4.09. The number of rotatable bonds is 4. The molecule has 0 heterocycles. The average Bonchev–Trinajstić information content (AvgIpc) is 2.24. The van der Waals surface area contributed by atoms with Crippen molar-refractivity contribution in [3.05, 3.63) is 34.2 Å². The molecule has 0 bridgehead atoms. The first-order chi connectivity index (χ1) is 7.10. The minimum absolute atomic E-state index is 1.12. The van der Waals surface area contributed by atoms with Gasteiger partial charge in [0.05, 0.1) is 8.07 Å². The van der Waals surface area contributed by atoms with Crippen LogP contribution in [0.25, 0.3) is 0 Å². The third kappa shape index (κ3) is 5.50. The Morgan fingerprint density at radius 2 is 1.53 bits per heavy atom. The molecule has 82 valence electrons. The predicted molar refractivity (Wildman–Crippen MR) is 70.7 cm³/mol. The molecule has 0 saturated carbocycles. The van der Waals surface area contributed by atoms with E-state index < -0.39 is 8.07 Å². The summed E-state index contributed by atoms with van der Waals surface area (Å²) in [7, 11) is -1.17. The molecule has 15 heavy (non-hydrogen) atoms. The maximum atomic E-state index is 3.13. The summed E-state index contributed by atoms with van der Waals surface area (Å²) in [6.07, 6.45) is 0. The van der Waals surface area contributed by atoms with Crippen molar-refractivity contribution in [3.63, 3.8) is 0 Å². The van der Waals surface area contributed by atoms with Gasteiger partial charge in [0.2, 0.25) is 0 Å². The third-order valence-corrected chi connectivity index (χ3v) is 7.92. The van der Waals surface area contributed by atoms with Crippen molar-refractivity contribution in [2.24, 2.45) is 0 Å². The first-order valence-electron chi connectivity index (χ1n) is 5.76. The van der Waals surface area contributed by atoms with Crippen LogP contribution in [0.15, 0.2) is 34.2 Å². The largest absolute Gasteiger partial charge is 0.0873 e. The van der Waals surface area contributed by atoms with E-state index in [9.17, 15) is 0 Å². The predicted octanol–water partition coefficient (Wildman–Crippen LogP) is 4.62. The molecule has 0 aromatic rings. The molecule has 0 atom stereocenters. The summed E-state index contributed by atoms with van der Waals surface area (Å²) in [6.45, 7) is 10.9. The third-order valence-electron chi connectivity index (χ3n) is 2.94. The van der Waals surface area contributed by atoms with Gasteiger partial charge in [-0.3, -0.25) is 0 Å². The highest BCUT2D eigenvalue weighted by molar-refractivity contribution is 6.84. The topological polar surface area (TPSA) is 0 Å². The van der Waals surface area contributed by atoms with Crippen molar-refractivity contribution >= 4 is 8.07 Å². The Hall–Kier alpha value is -0.923. The lowest BCUT2D eigenvalue weighted by molar-refractivity contribution is 1.19. The van der Waals surface area contributed by atoms with Gasteiger partial charge in [0.25, 0.3) is 0 Å². The van der Waals surface area contributed by atoms with Crippen LogP contribution in [0.5, 0.6) is 0 Å². The van der Waals surface area contributed by atoms with Gasteiger partial charge in [0, 0.05) is 0 Å². The summed E-state index contributed by atoms with van der Waals surface area (Å²) in [5.74, 6) is 0. The van der Waals surface area contributed by atoms with Crippen molar-refractivity contribution in [1.82, 2.24) is 0 Å². The molecule has 0 aliphatic heterocycles. The van der Waals surface area contributed by atoms with Gasteiger partial charge in [-0.2, -0.15) is 0 Å². The van der Waals surface area contributed by atoms with E-state index >= 15 is 0 Å². The van der Waals surface area contributed by atoms with Gasteiger partial charge in [-0.25, -0.2) is 0 Å². The average molecular weight is 218 g/mol. The fraction of sp³-hybridized carbons (Fsp3) is 0.571. The van der Waals surface area contributed by atoms with Crippen LogP contribution in [0.4, 0.5) is 0 Å². The lowest BCUT2D eigenvalue weighted by Gasteiger charge is -2.21. The normalized spacial score (nSPS) is 9.40. The van der Waals surface area contributed by atoms with E-state index in [1.807, 2.05) is 13.8 Å². The van der Waals surface area contributed by atoms with Crippen molar-refractivity contribution < 1.29 is 0 Å². The Kier molecular flexibility index (Phi) is 6.93. The first kappa shape index (κ1) is 14.1. The van der Waals surface area contributed by atoms with E-state index in [-0.39, 0.29) is 0 Å². The van der Waals surface area contributed by atoms with E-state index in [1.165, 1.54) is 18.1 Å². The second kappa shape index (κ2) is 7.38. The van der Waals surface area contributed by atoms with Crippen LogP contribution < -0.4 is 0 Å². The molecule has 0 nitrogen and oxygen atoms in total. The van der Waals surface area contributed by atoms with E-state index in [1.54, 1.807) is 0 Å². The molecule has 0 radical (unpaired) electrons. The highest BCUT2D eigenvalue weighted by Crippen LogP contribution is 2.20. The SMILES string of the molecule is CC[Si](C=C=C=C=C=C(C)C)(CC)CC. The van der Waals surface area contributed by atoms with Crippen molar-refractivity contribution in [3.8, 4) is 0 Å². The maximum Gasteiger partial charge on any atom is 0.0873 e. The number of allylic oxidation sites excluding steroid dienone is 1.